The van der Waals surface area contributed by atoms with Crippen LogP contribution in [0.2, 0.25) is 0 Å². The highest BCUT2D eigenvalue weighted by atomic mass is 16.3. The van der Waals surface area contributed by atoms with Gasteiger partial charge in [-0.1, -0.05) is 18.2 Å². The minimum absolute atomic E-state index is 0.0874. The number of anilines is 1. The number of likely N-dealkylation sites (tertiary alicyclic amines) is 1. The number of carbonyl (C=O) groups is 1. The van der Waals surface area contributed by atoms with Crippen molar-refractivity contribution in [3.63, 3.8) is 0 Å². The molecule has 0 unspecified atom stereocenters. The Kier molecular flexibility index (Phi) is 3.82. The lowest BCUT2D eigenvalue weighted by atomic mass is 9.90. The van der Waals surface area contributed by atoms with E-state index in [9.17, 15) is 9.90 Å². The molecule has 4 rings (SSSR count). The van der Waals surface area contributed by atoms with Gasteiger partial charge in [0, 0.05) is 18.8 Å². The molecule has 3 heterocycles. The number of hydrogen-bond acceptors (Lipinski definition) is 5. The highest BCUT2D eigenvalue weighted by Crippen LogP contribution is 2.31. The summed E-state index contributed by atoms with van der Waals surface area (Å²) in [5.41, 5.74) is 1.76. The van der Waals surface area contributed by atoms with E-state index in [1.54, 1.807) is 6.20 Å². The molecule has 1 saturated heterocycles. The van der Waals surface area contributed by atoms with E-state index >= 15 is 0 Å². The first kappa shape index (κ1) is 15.3. The molecular formula is C17H21N5O2. The third kappa shape index (κ3) is 2.70. The maximum absolute atomic E-state index is 12.7. The Labute approximate surface area is 140 Å². The molecule has 2 aliphatic rings. The van der Waals surface area contributed by atoms with Gasteiger partial charge in [0.1, 0.15) is 11.3 Å². The van der Waals surface area contributed by atoms with E-state index in [0.29, 0.717) is 25.2 Å². The average Bonchev–Trinajstić information content (AvgIpc) is 3.25. The number of carbonyl (C=O) groups excluding carboxylic acids is 1. The second-order valence-electron chi connectivity index (χ2n) is 6.63. The van der Waals surface area contributed by atoms with Gasteiger partial charge in [-0.3, -0.25) is 9.69 Å². The van der Waals surface area contributed by atoms with Crippen molar-refractivity contribution in [2.45, 2.75) is 24.9 Å². The van der Waals surface area contributed by atoms with Crippen molar-refractivity contribution in [1.29, 1.82) is 0 Å². The van der Waals surface area contributed by atoms with Gasteiger partial charge in [-0.15, -0.1) is 0 Å². The molecular weight excluding hydrogens is 306 g/mol. The van der Waals surface area contributed by atoms with Crippen molar-refractivity contribution in [3.8, 4) is 0 Å². The first-order valence-corrected chi connectivity index (χ1v) is 8.35. The van der Waals surface area contributed by atoms with Gasteiger partial charge in [0.25, 0.3) is 0 Å². The van der Waals surface area contributed by atoms with E-state index in [2.05, 4.69) is 21.5 Å². The smallest absolute Gasteiger partial charge is 0.241 e. The summed E-state index contributed by atoms with van der Waals surface area (Å²) in [6.07, 6.45) is 3.93. The predicted molar refractivity (Wildman–Crippen MR) is 88.5 cm³/mol. The largest absolute Gasteiger partial charge is 0.382 e. The molecule has 0 bridgehead atoms. The van der Waals surface area contributed by atoms with Crippen LogP contribution in [0.3, 0.4) is 0 Å². The molecule has 0 aliphatic carbocycles. The summed E-state index contributed by atoms with van der Waals surface area (Å²) >= 11 is 0. The van der Waals surface area contributed by atoms with Crippen molar-refractivity contribution in [2.75, 3.05) is 31.1 Å². The molecule has 7 heteroatoms. The number of piperidine rings is 1. The number of hydrogen-bond donors (Lipinski definition) is 2. The minimum atomic E-state index is -1.03. The van der Waals surface area contributed by atoms with E-state index < -0.39 is 5.60 Å². The molecule has 2 aliphatic heterocycles. The number of rotatable bonds is 3. The Morgan fingerprint density at radius 3 is 3.04 bits per heavy atom. The maximum Gasteiger partial charge on any atom is 0.241 e. The molecule has 1 atom stereocenters. The van der Waals surface area contributed by atoms with Gasteiger partial charge in [-0.25, -0.2) is 0 Å². The monoisotopic (exact) mass is 327 g/mol. The molecule has 1 aromatic heterocycles. The number of amides is 1. The zero-order valence-corrected chi connectivity index (χ0v) is 13.5. The molecule has 1 fully saturated rings. The van der Waals surface area contributed by atoms with Gasteiger partial charge in [0.05, 0.1) is 12.7 Å². The van der Waals surface area contributed by atoms with E-state index in [4.69, 9.17) is 0 Å². The zero-order chi connectivity index (χ0) is 16.6. The third-order valence-electron chi connectivity index (χ3n) is 4.99. The van der Waals surface area contributed by atoms with Crippen molar-refractivity contribution in [3.05, 3.63) is 41.7 Å². The summed E-state index contributed by atoms with van der Waals surface area (Å²) in [5.74, 6) is 0.0874. The van der Waals surface area contributed by atoms with Gasteiger partial charge in [-0.05, 0) is 37.4 Å². The molecule has 0 saturated carbocycles. The minimum Gasteiger partial charge on any atom is -0.382 e. The third-order valence-corrected chi connectivity index (χ3v) is 4.99. The highest BCUT2D eigenvalue weighted by Gasteiger charge is 2.38. The Morgan fingerprint density at radius 1 is 1.33 bits per heavy atom. The Hall–Kier alpha value is -2.25. The van der Waals surface area contributed by atoms with E-state index in [1.165, 1.54) is 5.56 Å². The van der Waals surface area contributed by atoms with E-state index in [1.807, 2.05) is 28.0 Å². The summed E-state index contributed by atoms with van der Waals surface area (Å²) < 4.78 is 0. The number of aromatic amines is 1. The molecule has 0 spiro atoms. The number of H-pyrrole nitrogens is 1. The highest BCUT2D eigenvalue weighted by molar-refractivity contribution is 5.96. The first-order valence-electron chi connectivity index (χ1n) is 8.35. The number of nitrogens with one attached hydrogen (secondary N) is 1. The van der Waals surface area contributed by atoms with Crippen LogP contribution in [0, 0.1) is 0 Å². The zero-order valence-electron chi connectivity index (χ0n) is 13.5. The normalized spacial score (nSPS) is 24.1. The van der Waals surface area contributed by atoms with Crippen LogP contribution >= 0.6 is 0 Å². The molecule has 2 N–H and O–H groups in total. The van der Waals surface area contributed by atoms with E-state index in [0.717, 1.165) is 31.6 Å². The lowest BCUT2D eigenvalue weighted by Gasteiger charge is -2.38. The lowest BCUT2D eigenvalue weighted by Crippen LogP contribution is -2.50. The number of para-hydroxylation sites is 1. The van der Waals surface area contributed by atoms with Crippen molar-refractivity contribution >= 4 is 11.6 Å². The summed E-state index contributed by atoms with van der Waals surface area (Å²) in [5, 5.41) is 21.2. The number of fused-ring (bicyclic) bond motifs is 1. The summed E-state index contributed by atoms with van der Waals surface area (Å²) in [7, 11) is 0. The van der Waals surface area contributed by atoms with Crippen LogP contribution in [-0.2, 0) is 16.8 Å². The van der Waals surface area contributed by atoms with Crippen LogP contribution < -0.4 is 4.90 Å². The molecule has 1 amide bonds. The Balaban J connectivity index is 1.45. The molecule has 7 nitrogen and oxygen atoms in total. The summed E-state index contributed by atoms with van der Waals surface area (Å²) in [4.78, 5) is 16.6. The topological polar surface area (TPSA) is 85.3 Å². The first-order chi connectivity index (χ1) is 11.7. The molecule has 24 heavy (non-hydrogen) atoms. The van der Waals surface area contributed by atoms with Gasteiger partial charge in [0.15, 0.2) is 0 Å². The fraction of sp³-hybridized carbons (Fsp3) is 0.471. The number of benzene rings is 1. The number of β-amino-alcohol motifs (C(OH)–C–C–N with tert-alkyl or cyclic N) is 1. The molecule has 0 radical (unpaired) electrons. The van der Waals surface area contributed by atoms with Crippen LogP contribution in [-0.4, -0.2) is 57.5 Å². The van der Waals surface area contributed by atoms with Crippen molar-refractivity contribution in [2.24, 2.45) is 0 Å². The maximum atomic E-state index is 12.7. The van der Waals surface area contributed by atoms with E-state index in [-0.39, 0.29) is 5.91 Å². The standard InChI is InChI=1S/C17H21N5O2/c23-16(22-9-6-13-4-1-2-5-14(13)22)11-21-8-3-7-17(24,12-21)15-10-18-20-19-15/h1-2,4-5,10,24H,3,6-9,11-12H2,(H,18,19,20)/t17-/m1/s1. The number of aromatic nitrogens is 3. The van der Waals surface area contributed by atoms with Crippen molar-refractivity contribution in [1.82, 2.24) is 20.3 Å². The van der Waals surface area contributed by atoms with Gasteiger partial charge < -0.3 is 10.0 Å². The summed E-state index contributed by atoms with van der Waals surface area (Å²) in [6.45, 7) is 2.26. The predicted octanol–water partition coefficient (Wildman–Crippen LogP) is 0.677. The van der Waals surface area contributed by atoms with Gasteiger partial charge in [0.2, 0.25) is 5.91 Å². The van der Waals surface area contributed by atoms with Crippen LogP contribution in [0.25, 0.3) is 0 Å². The second kappa shape index (κ2) is 5.99. The summed E-state index contributed by atoms with van der Waals surface area (Å²) in [6, 6.07) is 8.05. The van der Waals surface area contributed by atoms with Crippen LogP contribution in [0.4, 0.5) is 5.69 Å². The average molecular weight is 327 g/mol. The van der Waals surface area contributed by atoms with Gasteiger partial charge in [-0.2, -0.15) is 15.4 Å². The Morgan fingerprint density at radius 2 is 2.21 bits per heavy atom. The van der Waals surface area contributed by atoms with Crippen LogP contribution in [0.15, 0.2) is 30.5 Å². The Bertz CT molecular complexity index is 732. The number of aliphatic hydroxyl groups is 1. The van der Waals surface area contributed by atoms with Crippen LogP contribution in [0.1, 0.15) is 24.1 Å². The van der Waals surface area contributed by atoms with Crippen LogP contribution in [0.5, 0.6) is 0 Å². The fourth-order valence-corrected chi connectivity index (χ4v) is 3.77. The lowest BCUT2D eigenvalue weighted by molar-refractivity contribution is -0.121. The molecule has 126 valence electrons. The SMILES string of the molecule is O=C(CN1CCC[C@](O)(c2cn[nH]n2)C1)N1CCc2ccccc21. The quantitative estimate of drug-likeness (QED) is 0.866. The molecule has 2 aromatic rings. The van der Waals surface area contributed by atoms with Gasteiger partial charge >= 0.3 is 0 Å². The number of nitrogens with zero attached hydrogens (tertiary/aromatic N) is 4. The fourth-order valence-electron chi connectivity index (χ4n) is 3.77. The molecule has 1 aromatic carbocycles. The van der Waals surface area contributed by atoms with Crippen molar-refractivity contribution < 1.29 is 9.90 Å². The second-order valence-corrected chi connectivity index (χ2v) is 6.63.